The summed E-state index contributed by atoms with van der Waals surface area (Å²) in [6.45, 7) is 0. The number of rotatable bonds is 7. The van der Waals surface area contributed by atoms with Gasteiger partial charge in [-0.2, -0.15) is 0 Å². The Bertz CT molecular complexity index is 1540. The number of amides is 1. The molecule has 0 radical (unpaired) electrons. The summed E-state index contributed by atoms with van der Waals surface area (Å²) >= 11 is 6.40. The number of carbonyl (C=O) groups is 1. The Labute approximate surface area is 234 Å². The van der Waals surface area contributed by atoms with Crippen molar-refractivity contribution in [3.05, 3.63) is 77.2 Å². The number of methoxy groups -OCH3 is 2. The molecule has 4 rings (SSSR count). The summed E-state index contributed by atoms with van der Waals surface area (Å²) in [5, 5.41) is 4.09. The van der Waals surface area contributed by atoms with Crippen molar-refractivity contribution in [1.29, 1.82) is 0 Å². The second-order valence-corrected chi connectivity index (χ2v) is 9.62. The Morgan fingerprint density at radius 1 is 1.00 bits per heavy atom. The molecule has 36 heavy (non-hydrogen) atoms. The van der Waals surface area contributed by atoms with E-state index in [2.05, 4.69) is 10.0 Å². The number of fused-ring (bicyclic) bond motifs is 1. The van der Waals surface area contributed by atoms with Crippen LogP contribution in [-0.2, 0) is 17.1 Å². The van der Waals surface area contributed by atoms with Crippen molar-refractivity contribution >= 4 is 79.4 Å². The number of halogens is 2. The van der Waals surface area contributed by atoms with Gasteiger partial charge in [-0.3, -0.25) is 4.79 Å². The molecule has 0 atom stereocenters. The summed E-state index contributed by atoms with van der Waals surface area (Å²) in [6.07, 6.45) is 0. The molecule has 184 valence electrons. The molecular formula is C24H22ClFN3NaO5S. The predicted molar refractivity (Wildman–Crippen MR) is 139 cm³/mol. The number of nitrogens with zero attached hydrogens (tertiary/aromatic N) is 1. The minimum absolute atomic E-state index is 0. The van der Waals surface area contributed by atoms with Crippen molar-refractivity contribution < 1.29 is 27.1 Å². The number of ether oxygens (including phenoxy) is 2. The van der Waals surface area contributed by atoms with E-state index in [1.165, 1.54) is 67.3 Å². The second-order valence-electron chi connectivity index (χ2n) is 7.53. The average molecular weight is 542 g/mol. The molecule has 12 heteroatoms. The van der Waals surface area contributed by atoms with Gasteiger partial charge in [0.1, 0.15) is 11.4 Å². The standard InChI is InChI=1S/C24H21ClFN3O5S.Na.H/c1-29-21(24(30)28-35(31,32)16-7-5-15(33-2)6-8-16)13-17-20(11-9-18(25)23(17)29)27-14-4-10-19(26)22(12-14)34-3;;/h4-13,27H,1-3H3,(H,28,30);;. The molecule has 1 aromatic heterocycles. The topological polar surface area (TPSA) is 98.7 Å². The third-order valence-corrected chi connectivity index (χ3v) is 7.06. The molecule has 0 saturated heterocycles. The van der Waals surface area contributed by atoms with Crippen LogP contribution in [-0.4, -0.2) is 62.7 Å². The monoisotopic (exact) mass is 541 g/mol. The average Bonchev–Trinajstić information content (AvgIpc) is 3.20. The second kappa shape index (κ2) is 11.1. The molecule has 0 aliphatic heterocycles. The third kappa shape index (κ3) is 5.47. The van der Waals surface area contributed by atoms with Gasteiger partial charge in [-0.25, -0.2) is 17.5 Å². The molecule has 0 bridgehead atoms. The van der Waals surface area contributed by atoms with Crippen molar-refractivity contribution in [1.82, 2.24) is 9.29 Å². The number of anilines is 2. The molecule has 0 fully saturated rings. The van der Waals surface area contributed by atoms with Gasteiger partial charge in [0.05, 0.1) is 29.7 Å². The van der Waals surface area contributed by atoms with E-state index < -0.39 is 21.7 Å². The predicted octanol–water partition coefficient (Wildman–Crippen LogP) is 4.20. The molecule has 1 heterocycles. The van der Waals surface area contributed by atoms with Crippen LogP contribution < -0.4 is 19.5 Å². The summed E-state index contributed by atoms with van der Waals surface area (Å²) in [5.74, 6) is -0.782. The third-order valence-electron chi connectivity index (χ3n) is 5.41. The normalized spacial score (nSPS) is 11.0. The van der Waals surface area contributed by atoms with Crippen LogP contribution in [0, 0.1) is 5.82 Å². The quantitative estimate of drug-likeness (QED) is 0.340. The van der Waals surface area contributed by atoms with E-state index in [-0.39, 0.29) is 45.9 Å². The van der Waals surface area contributed by atoms with Crippen LogP contribution in [0.25, 0.3) is 10.9 Å². The van der Waals surface area contributed by atoms with Crippen LogP contribution in [0.5, 0.6) is 11.5 Å². The summed E-state index contributed by atoms with van der Waals surface area (Å²) in [4.78, 5) is 12.9. The van der Waals surface area contributed by atoms with Crippen LogP contribution in [0.4, 0.5) is 15.8 Å². The fourth-order valence-corrected chi connectivity index (χ4v) is 4.88. The van der Waals surface area contributed by atoms with E-state index in [9.17, 15) is 17.6 Å². The fourth-order valence-electron chi connectivity index (χ4n) is 3.63. The fraction of sp³-hybridized carbons (Fsp3) is 0.125. The summed E-state index contributed by atoms with van der Waals surface area (Å²) in [6, 6.07) is 14.8. The van der Waals surface area contributed by atoms with Crippen LogP contribution in [0.3, 0.4) is 0 Å². The van der Waals surface area contributed by atoms with Crippen molar-refractivity contribution in [2.45, 2.75) is 4.90 Å². The number of hydrogen-bond donors (Lipinski definition) is 2. The van der Waals surface area contributed by atoms with Gasteiger partial charge in [0, 0.05) is 29.9 Å². The van der Waals surface area contributed by atoms with E-state index in [0.29, 0.717) is 33.0 Å². The Morgan fingerprint density at radius 3 is 2.33 bits per heavy atom. The number of sulfonamides is 1. The number of carbonyl (C=O) groups excluding carboxylic acids is 1. The number of nitrogens with one attached hydrogen (secondary N) is 2. The first kappa shape index (κ1) is 27.8. The van der Waals surface area contributed by atoms with E-state index in [0.717, 1.165) is 0 Å². The molecule has 0 aliphatic rings. The maximum atomic E-state index is 13.8. The Hall–Kier alpha value is -2.76. The van der Waals surface area contributed by atoms with Gasteiger partial charge in [0.25, 0.3) is 15.9 Å². The van der Waals surface area contributed by atoms with Crippen LogP contribution in [0.2, 0.25) is 5.02 Å². The van der Waals surface area contributed by atoms with Gasteiger partial charge < -0.3 is 19.4 Å². The van der Waals surface area contributed by atoms with Crippen LogP contribution >= 0.6 is 11.6 Å². The van der Waals surface area contributed by atoms with Gasteiger partial charge in [-0.15, -0.1) is 0 Å². The molecule has 0 aliphatic carbocycles. The SMILES string of the molecule is COc1ccc(S(=O)(=O)NC(=O)c2cc3c(Nc4ccc(F)c(OC)c4)ccc(Cl)c3n2C)cc1.[NaH]. The Morgan fingerprint density at radius 2 is 1.69 bits per heavy atom. The number of aromatic nitrogens is 1. The number of hydrogen-bond acceptors (Lipinski definition) is 6. The van der Waals surface area contributed by atoms with Crippen molar-refractivity contribution in [2.24, 2.45) is 7.05 Å². The zero-order valence-corrected chi connectivity index (χ0v) is 20.5. The zero-order valence-electron chi connectivity index (χ0n) is 18.9. The zero-order chi connectivity index (χ0) is 25.3. The van der Waals surface area contributed by atoms with Crippen molar-refractivity contribution in [3.8, 4) is 11.5 Å². The van der Waals surface area contributed by atoms with Gasteiger partial charge in [0.15, 0.2) is 11.6 Å². The van der Waals surface area contributed by atoms with Crippen molar-refractivity contribution in [2.75, 3.05) is 19.5 Å². The number of aryl methyl sites for hydroxylation is 1. The molecule has 8 nitrogen and oxygen atoms in total. The Kier molecular flexibility index (Phi) is 8.58. The van der Waals surface area contributed by atoms with Crippen LogP contribution in [0.15, 0.2) is 65.6 Å². The molecule has 0 unspecified atom stereocenters. The molecule has 0 saturated carbocycles. The Balaban J connectivity index is 0.00000361. The van der Waals surface area contributed by atoms with E-state index in [1.807, 2.05) is 0 Å². The molecule has 1 amide bonds. The van der Waals surface area contributed by atoms with Crippen LogP contribution in [0.1, 0.15) is 10.5 Å². The first-order valence-corrected chi connectivity index (χ1v) is 12.1. The molecule has 0 spiro atoms. The molecule has 2 N–H and O–H groups in total. The summed E-state index contributed by atoms with van der Waals surface area (Å²) < 4.78 is 52.9. The van der Waals surface area contributed by atoms with E-state index in [1.54, 1.807) is 19.2 Å². The van der Waals surface area contributed by atoms with Gasteiger partial charge in [-0.1, -0.05) is 11.6 Å². The van der Waals surface area contributed by atoms with Gasteiger partial charge in [-0.05, 0) is 54.6 Å². The minimum atomic E-state index is -4.13. The molecule has 4 aromatic rings. The van der Waals surface area contributed by atoms with E-state index >= 15 is 0 Å². The molecular weight excluding hydrogens is 520 g/mol. The van der Waals surface area contributed by atoms with Crippen molar-refractivity contribution in [3.63, 3.8) is 0 Å². The maximum absolute atomic E-state index is 13.8. The summed E-state index contributed by atoms with van der Waals surface area (Å²) in [5.41, 5.74) is 1.71. The first-order valence-electron chi connectivity index (χ1n) is 10.2. The summed E-state index contributed by atoms with van der Waals surface area (Å²) in [7, 11) is 0.301. The van der Waals surface area contributed by atoms with Gasteiger partial charge in [0.2, 0.25) is 0 Å². The first-order chi connectivity index (χ1) is 16.6. The van der Waals surface area contributed by atoms with E-state index in [4.69, 9.17) is 21.1 Å². The number of benzene rings is 3. The molecule has 3 aromatic carbocycles. The van der Waals surface area contributed by atoms with Gasteiger partial charge >= 0.3 is 29.6 Å².